The van der Waals surface area contributed by atoms with Crippen LogP contribution in [0.1, 0.15) is 26.2 Å². The van der Waals surface area contributed by atoms with E-state index in [4.69, 9.17) is 5.11 Å². The molecule has 0 bridgehead atoms. The number of aliphatic carboxylic acids is 1. The predicted octanol–water partition coefficient (Wildman–Crippen LogP) is 0.554. The van der Waals surface area contributed by atoms with Gasteiger partial charge in [-0.2, -0.15) is 0 Å². The molecular weight excluding hydrogens is 182 g/mol. The van der Waals surface area contributed by atoms with Gasteiger partial charge in [0.05, 0.1) is 0 Å². The first-order valence-corrected chi connectivity index (χ1v) is 5.15. The normalized spacial score (nSPS) is 24.5. The zero-order valence-corrected chi connectivity index (χ0v) is 8.86. The Kier molecular flexibility index (Phi) is 3.50. The molecule has 1 rings (SSSR count). The molecule has 0 aromatic rings. The van der Waals surface area contributed by atoms with Crippen molar-refractivity contribution in [2.75, 3.05) is 20.1 Å². The third-order valence-electron chi connectivity index (χ3n) is 3.30. The molecule has 1 aliphatic heterocycles. The Hall–Kier alpha value is -0.610. The Morgan fingerprint density at radius 1 is 1.50 bits per heavy atom. The van der Waals surface area contributed by atoms with Crippen molar-refractivity contribution in [2.24, 2.45) is 5.92 Å². The second kappa shape index (κ2) is 4.28. The summed E-state index contributed by atoms with van der Waals surface area (Å²) in [6, 6.07) is 0. The van der Waals surface area contributed by atoms with E-state index in [1.807, 2.05) is 7.05 Å². The molecule has 0 aromatic carbocycles. The van der Waals surface area contributed by atoms with Crippen LogP contribution in [0.2, 0.25) is 0 Å². The number of hydrogen-bond donors (Lipinski definition) is 2. The van der Waals surface area contributed by atoms with Crippen LogP contribution in [0, 0.1) is 5.92 Å². The monoisotopic (exact) mass is 201 g/mol. The quantitative estimate of drug-likeness (QED) is 0.700. The zero-order valence-electron chi connectivity index (χ0n) is 8.86. The summed E-state index contributed by atoms with van der Waals surface area (Å²) >= 11 is 0. The number of likely N-dealkylation sites (tertiary alicyclic amines) is 1. The van der Waals surface area contributed by atoms with Crippen molar-refractivity contribution < 1.29 is 15.0 Å². The standard InChI is InChI=1S/C10H19NO3/c1-3-10(14,9(12)13)8-4-6-11(2)7-5-8/h8,14H,3-7H2,1-2H3,(H,12,13). The summed E-state index contributed by atoms with van der Waals surface area (Å²) in [6.45, 7) is 3.48. The van der Waals surface area contributed by atoms with E-state index in [9.17, 15) is 9.90 Å². The van der Waals surface area contributed by atoms with E-state index in [0.29, 0.717) is 0 Å². The Labute approximate surface area is 84.5 Å². The molecule has 0 spiro atoms. The minimum absolute atomic E-state index is 0.0961. The van der Waals surface area contributed by atoms with Gasteiger partial charge >= 0.3 is 5.97 Å². The van der Waals surface area contributed by atoms with Crippen LogP contribution in [-0.4, -0.2) is 46.8 Å². The highest BCUT2D eigenvalue weighted by Crippen LogP contribution is 2.30. The molecule has 0 aromatic heterocycles. The van der Waals surface area contributed by atoms with Gasteiger partial charge in [0.2, 0.25) is 0 Å². The summed E-state index contributed by atoms with van der Waals surface area (Å²) < 4.78 is 0. The Bertz CT molecular complexity index is 211. The smallest absolute Gasteiger partial charge is 0.335 e. The van der Waals surface area contributed by atoms with E-state index in [1.165, 1.54) is 0 Å². The summed E-state index contributed by atoms with van der Waals surface area (Å²) in [6.07, 6.45) is 1.83. The van der Waals surface area contributed by atoms with Gasteiger partial charge in [-0.05, 0) is 39.4 Å². The van der Waals surface area contributed by atoms with Crippen molar-refractivity contribution in [2.45, 2.75) is 31.8 Å². The molecule has 4 nitrogen and oxygen atoms in total. The van der Waals surface area contributed by atoms with Crippen LogP contribution in [0.25, 0.3) is 0 Å². The molecule has 4 heteroatoms. The molecule has 0 amide bonds. The van der Waals surface area contributed by atoms with Gasteiger partial charge in [-0.15, -0.1) is 0 Å². The highest BCUT2D eigenvalue weighted by molar-refractivity contribution is 5.77. The first-order valence-electron chi connectivity index (χ1n) is 5.15. The van der Waals surface area contributed by atoms with Gasteiger partial charge in [0.1, 0.15) is 0 Å². The summed E-state index contributed by atoms with van der Waals surface area (Å²) in [4.78, 5) is 13.1. The summed E-state index contributed by atoms with van der Waals surface area (Å²) in [7, 11) is 2.02. The lowest BCUT2D eigenvalue weighted by atomic mass is 9.79. The maximum absolute atomic E-state index is 11.0. The molecule has 82 valence electrons. The van der Waals surface area contributed by atoms with E-state index >= 15 is 0 Å². The highest BCUT2D eigenvalue weighted by atomic mass is 16.4. The fraction of sp³-hybridized carbons (Fsp3) is 0.900. The van der Waals surface area contributed by atoms with Crippen molar-refractivity contribution in [1.82, 2.24) is 4.90 Å². The van der Waals surface area contributed by atoms with Crippen molar-refractivity contribution >= 4 is 5.97 Å². The van der Waals surface area contributed by atoms with Crippen LogP contribution in [-0.2, 0) is 4.79 Å². The third-order valence-corrected chi connectivity index (χ3v) is 3.30. The van der Waals surface area contributed by atoms with Crippen LogP contribution >= 0.6 is 0 Å². The molecule has 1 unspecified atom stereocenters. The maximum Gasteiger partial charge on any atom is 0.335 e. The Morgan fingerprint density at radius 3 is 2.36 bits per heavy atom. The second-order valence-electron chi connectivity index (χ2n) is 4.16. The van der Waals surface area contributed by atoms with Crippen LogP contribution in [0.3, 0.4) is 0 Å². The topological polar surface area (TPSA) is 60.8 Å². The maximum atomic E-state index is 11.0. The lowest BCUT2D eigenvalue weighted by Crippen LogP contribution is -2.49. The number of carboxylic acids is 1. The van der Waals surface area contributed by atoms with E-state index in [1.54, 1.807) is 6.92 Å². The summed E-state index contributed by atoms with van der Waals surface area (Å²) in [5, 5.41) is 19.0. The number of aliphatic hydroxyl groups is 1. The van der Waals surface area contributed by atoms with E-state index in [2.05, 4.69) is 4.90 Å². The molecule has 1 saturated heterocycles. The molecule has 1 fully saturated rings. The molecule has 1 heterocycles. The van der Waals surface area contributed by atoms with Crippen LogP contribution in [0.5, 0.6) is 0 Å². The van der Waals surface area contributed by atoms with Crippen molar-refractivity contribution in [3.63, 3.8) is 0 Å². The van der Waals surface area contributed by atoms with Gasteiger partial charge in [0.15, 0.2) is 5.60 Å². The van der Waals surface area contributed by atoms with Gasteiger partial charge in [-0.25, -0.2) is 4.79 Å². The minimum atomic E-state index is -1.51. The molecule has 1 atom stereocenters. The number of carboxylic acid groups (broad SMARTS) is 1. The highest BCUT2D eigenvalue weighted by Gasteiger charge is 2.43. The molecule has 1 aliphatic rings. The second-order valence-corrected chi connectivity index (χ2v) is 4.16. The molecule has 14 heavy (non-hydrogen) atoms. The lowest BCUT2D eigenvalue weighted by Gasteiger charge is -2.37. The fourth-order valence-corrected chi connectivity index (χ4v) is 2.10. The van der Waals surface area contributed by atoms with Gasteiger partial charge in [-0.3, -0.25) is 0 Å². The number of rotatable bonds is 3. The van der Waals surface area contributed by atoms with Crippen molar-refractivity contribution in [3.8, 4) is 0 Å². The number of hydrogen-bond acceptors (Lipinski definition) is 3. The largest absolute Gasteiger partial charge is 0.479 e. The Balaban J connectivity index is 2.66. The average Bonchev–Trinajstić information content (AvgIpc) is 2.17. The lowest BCUT2D eigenvalue weighted by molar-refractivity contribution is -0.167. The van der Waals surface area contributed by atoms with Crippen LogP contribution < -0.4 is 0 Å². The first-order chi connectivity index (χ1) is 6.50. The number of nitrogens with zero attached hydrogens (tertiary/aromatic N) is 1. The van der Waals surface area contributed by atoms with Crippen molar-refractivity contribution in [3.05, 3.63) is 0 Å². The number of carbonyl (C=O) groups is 1. The first kappa shape index (κ1) is 11.5. The molecule has 0 saturated carbocycles. The molecular formula is C10H19NO3. The minimum Gasteiger partial charge on any atom is -0.479 e. The van der Waals surface area contributed by atoms with E-state index in [-0.39, 0.29) is 12.3 Å². The van der Waals surface area contributed by atoms with Gasteiger partial charge in [0, 0.05) is 5.92 Å². The van der Waals surface area contributed by atoms with Gasteiger partial charge in [-0.1, -0.05) is 6.92 Å². The fourth-order valence-electron chi connectivity index (χ4n) is 2.10. The van der Waals surface area contributed by atoms with Crippen LogP contribution in [0.4, 0.5) is 0 Å². The summed E-state index contributed by atoms with van der Waals surface area (Å²) in [5.74, 6) is -1.17. The molecule has 0 aliphatic carbocycles. The Morgan fingerprint density at radius 2 is 2.00 bits per heavy atom. The predicted molar refractivity (Wildman–Crippen MR) is 53.1 cm³/mol. The molecule has 0 radical (unpaired) electrons. The number of piperidine rings is 1. The van der Waals surface area contributed by atoms with Crippen molar-refractivity contribution in [1.29, 1.82) is 0 Å². The van der Waals surface area contributed by atoms with E-state index in [0.717, 1.165) is 25.9 Å². The van der Waals surface area contributed by atoms with E-state index < -0.39 is 11.6 Å². The summed E-state index contributed by atoms with van der Waals surface area (Å²) in [5.41, 5.74) is -1.51. The average molecular weight is 201 g/mol. The third kappa shape index (κ3) is 2.07. The van der Waals surface area contributed by atoms with Gasteiger partial charge in [0.25, 0.3) is 0 Å². The SMILES string of the molecule is CCC(O)(C(=O)O)C1CCN(C)CC1. The van der Waals surface area contributed by atoms with Crippen LogP contribution in [0.15, 0.2) is 0 Å². The molecule has 2 N–H and O–H groups in total. The zero-order chi connectivity index (χ0) is 10.8. The van der Waals surface area contributed by atoms with Gasteiger partial charge < -0.3 is 15.1 Å².